The number of nitrogens with one attached hydrogen (secondary N) is 2. The van der Waals surface area contributed by atoms with E-state index in [0.717, 1.165) is 6.07 Å². The van der Waals surface area contributed by atoms with Crippen molar-refractivity contribution in [3.05, 3.63) is 46.2 Å². The zero-order valence-electron chi connectivity index (χ0n) is 9.04. The number of carbonyl (C=O) groups is 1. The summed E-state index contributed by atoms with van der Waals surface area (Å²) in [5.41, 5.74) is -0.228. The number of rotatable bonds is 2. The van der Waals surface area contributed by atoms with Gasteiger partial charge in [-0.3, -0.25) is 9.59 Å². The van der Waals surface area contributed by atoms with Crippen LogP contribution in [0.3, 0.4) is 0 Å². The second-order valence-electron chi connectivity index (χ2n) is 3.46. The van der Waals surface area contributed by atoms with E-state index >= 15 is 0 Å². The Hall–Kier alpha value is -2.83. The third kappa shape index (κ3) is 2.46. The largest absolute Gasteiger partial charge is 0.504 e. The van der Waals surface area contributed by atoms with Crippen LogP contribution in [0.1, 0.15) is 10.4 Å². The van der Waals surface area contributed by atoms with Gasteiger partial charge in [-0.25, -0.2) is 5.10 Å². The van der Waals surface area contributed by atoms with E-state index in [-0.39, 0.29) is 22.7 Å². The normalized spacial score (nSPS) is 10.0. The summed E-state index contributed by atoms with van der Waals surface area (Å²) < 4.78 is 0. The molecule has 0 radical (unpaired) electrons. The Morgan fingerprint density at radius 3 is 2.56 bits per heavy atom. The van der Waals surface area contributed by atoms with E-state index < -0.39 is 11.7 Å². The molecule has 0 fully saturated rings. The van der Waals surface area contributed by atoms with Crippen molar-refractivity contribution in [2.75, 3.05) is 5.32 Å². The maximum absolute atomic E-state index is 11.7. The minimum Gasteiger partial charge on any atom is -0.504 e. The Kier molecular flexibility index (Phi) is 2.96. The zero-order valence-corrected chi connectivity index (χ0v) is 9.04. The standard InChI is InChI=1S/C11H9N3O4/c15-7-2-1-6(5-8(7)16)11(18)12-9-3-4-10(17)14-13-9/h1-5,15-16H,(H,14,17)(H,12,13,18). The predicted octanol–water partition coefficient (Wildman–Crippen LogP) is 0.433. The lowest BCUT2D eigenvalue weighted by molar-refractivity contribution is 0.102. The van der Waals surface area contributed by atoms with Gasteiger partial charge in [0, 0.05) is 11.6 Å². The minimum absolute atomic E-state index is 0.151. The summed E-state index contributed by atoms with van der Waals surface area (Å²) in [6.07, 6.45) is 0. The highest BCUT2D eigenvalue weighted by atomic mass is 16.3. The maximum Gasteiger partial charge on any atom is 0.264 e. The molecule has 0 aliphatic carbocycles. The first kappa shape index (κ1) is 11.6. The van der Waals surface area contributed by atoms with Gasteiger partial charge < -0.3 is 15.5 Å². The van der Waals surface area contributed by atoms with E-state index in [0.29, 0.717) is 0 Å². The fourth-order valence-corrected chi connectivity index (χ4v) is 1.27. The molecule has 7 heteroatoms. The molecule has 2 aromatic rings. The van der Waals surface area contributed by atoms with Crippen LogP contribution in [0.25, 0.3) is 0 Å². The number of aromatic hydroxyl groups is 2. The van der Waals surface area contributed by atoms with Crippen molar-refractivity contribution in [2.45, 2.75) is 0 Å². The van der Waals surface area contributed by atoms with Crippen LogP contribution in [-0.2, 0) is 0 Å². The molecule has 0 spiro atoms. The van der Waals surface area contributed by atoms with Crippen LogP contribution >= 0.6 is 0 Å². The molecular weight excluding hydrogens is 238 g/mol. The Bertz CT molecular complexity index is 630. The van der Waals surface area contributed by atoms with Crippen molar-refractivity contribution in [3.8, 4) is 11.5 Å². The summed E-state index contributed by atoms with van der Waals surface area (Å²) in [5, 5.41) is 26.6. The number of phenolic OH excluding ortho intramolecular Hbond substituents is 2. The number of nitrogens with zero attached hydrogens (tertiary/aromatic N) is 1. The van der Waals surface area contributed by atoms with Gasteiger partial charge in [0.05, 0.1) is 0 Å². The van der Waals surface area contributed by atoms with Crippen molar-refractivity contribution in [2.24, 2.45) is 0 Å². The topological polar surface area (TPSA) is 115 Å². The highest BCUT2D eigenvalue weighted by Gasteiger charge is 2.09. The van der Waals surface area contributed by atoms with E-state index in [9.17, 15) is 14.7 Å². The van der Waals surface area contributed by atoms with Crippen molar-refractivity contribution >= 4 is 11.7 Å². The molecule has 1 heterocycles. The lowest BCUT2D eigenvalue weighted by Gasteiger charge is -2.04. The van der Waals surface area contributed by atoms with Gasteiger partial charge >= 0.3 is 0 Å². The van der Waals surface area contributed by atoms with E-state index in [1.165, 1.54) is 24.3 Å². The number of carbonyl (C=O) groups excluding carboxylic acids is 1. The number of benzene rings is 1. The van der Waals surface area contributed by atoms with E-state index in [1.807, 2.05) is 0 Å². The predicted molar refractivity (Wildman–Crippen MR) is 62.6 cm³/mol. The van der Waals surface area contributed by atoms with E-state index in [4.69, 9.17) is 5.11 Å². The van der Waals surface area contributed by atoms with Crippen LogP contribution in [0.2, 0.25) is 0 Å². The van der Waals surface area contributed by atoms with Crippen LogP contribution in [0.5, 0.6) is 11.5 Å². The molecule has 1 aromatic carbocycles. The number of amides is 1. The number of aromatic amines is 1. The number of aromatic nitrogens is 2. The van der Waals surface area contributed by atoms with Crippen LogP contribution in [-0.4, -0.2) is 26.3 Å². The van der Waals surface area contributed by atoms with Gasteiger partial charge in [-0.1, -0.05) is 0 Å². The Morgan fingerprint density at radius 2 is 1.94 bits per heavy atom. The average Bonchev–Trinajstić information content (AvgIpc) is 2.35. The first-order valence-electron chi connectivity index (χ1n) is 4.95. The number of hydrogen-bond donors (Lipinski definition) is 4. The van der Waals surface area contributed by atoms with Gasteiger partial charge in [-0.2, -0.15) is 5.10 Å². The zero-order chi connectivity index (χ0) is 13.1. The summed E-state index contributed by atoms with van der Waals surface area (Å²) in [7, 11) is 0. The van der Waals surface area contributed by atoms with Gasteiger partial charge in [-0.15, -0.1) is 0 Å². The third-order valence-electron chi connectivity index (χ3n) is 2.16. The summed E-state index contributed by atoms with van der Waals surface area (Å²) in [6.45, 7) is 0. The second kappa shape index (κ2) is 4.58. The number of hydrogen-bond acceptors (Lipinski definition) is 5. The number of phenols is 2. The molecule has 0 saturated carbocycles. The van der Waals surface area contributed by atoms with Crippen molar-refractivity contribution < 1.29 is 15.0 Å². The molecule has 1 amide bonds. The van der Waals surface area contributed by atoms with Gasteiger partial charge in [0.25, 0.3) is 11.5 Å². The Balaban J connectivity index is 2.19. The van der Waals surface area contributed by atoms with Crippen LogP contribution in [0.4, 0.5) is 5.82 Å². The Morgan fingerprint density at radius 1 is 1.17 bits per heavy atom. The molecule has 0 aliphatic rings. The molecule has 92 valence electrons. The molecule has 0 unspecified atom stereocenters. The maximum atomic E-state index is 11.7. The fraction of sp³-hybridized carbons (Fsp3) is 0. The summed E-state index contributed by atoms with van der Waals surface area (Å²) in [6, 6.07) is 6.23. The minimum atomic E-state index is -0.523. The molecular formula is C11H9N3O4. The molecule has 7 nitrogen and oxygen atoms in total. The van der Waals surface area contributed by atoms with E-state index in [2.05, 4.69) is 15.5 Å². The van der Waals surface area contributed by atoms with Gasteiger partial charge in [0.2, 0.25) is 0 Å². The third-order valence-corrected chi connectivity index (χ3v) is 2.16. The molecule has 0 atom stereocenters. The van der Waals surface area contributed by atoms with E-state index in [1.54, 1.807) is 0 Å². The van der Waals surface area contributed by atoms with Crippen molar-refractivity contribution in [3.63, 3.8) is 0 Å². The van der Waals surface area contributed by atoms with Gasteiger partial charge in [-0.05, 0) is 24.3 Å². The first-order valence-corrected chi connectivity index (χ1v) is 4.95. The smallest absolute Gasteiger partial charge is 0.264 e. The monoisotopic (exact) mass is 247 g/mol. The number of anilines is 1. The fourth-order valence-electron chi connectivity index (χ4n) is 1.27. The van der Waals surface area contributed by atoms with Crippen LogP contribution in [0, 0.1) is 0 Å². The summed E-state index contributed by atoms with van der Waals surface area (Å²) in [5.74, 6) is -1.05. The number of H-pyrrole nitrogens is 1. The van der Waals surface area contributed by atoms with Gasteiger partial charge in [0.15, 0.2) is 17.3 Å². The average molecular weight is 247 g/mol. The van der Waals surface area contributed by atoms with Gasteiger partial charge in [0.1, 0.15) is 0 Å². The van der Waals surface area contributed by atoms with Crippen molar-refractivity contribution in [1.82, 2.24) is 10.2 Å². The molecule has 1 aromatic heterocycles. The lowest BCUT2D eigenvalue weighted by atomic mass is 10.2. The molecule has 2 rings (SSSR count). The Labute approximate surface area is 101 Å². The van der Waals surface area contributed by atoms with Crippen LogP contribution < -0.4 is 10.9 Å². The highest BCUT2D eigenvalue weighted by Crippen LogP contribution is 2.25. The quantitative estimate of drug-likeness (QED) is 0.574. The molecule has 0 bridgehead atoms. The molecule has 18 heavy (non-hydrogen) atoms. The second-order valence-corrected chi connectivity index (χ2v) is 3.46. The summed E-state index contributed by atoms with van der Waals surface area (Å²) >= 11 is 0. The molecule has 0 saturated heterocycles. The van der Waals surface area contributed by atoms with Crippen molar-refractivity contribution in [1.29, 1.82) is 0 Å². The first-order chi connectivity index (χ1) is 8.56. The highest BCUT2D eigenvalue weighted by molar-refractivity contribution is 6.04. The van der Waals surface area contributed by atoms with Crippen LogP contribution in [0.15, 0.2) is 35.1 Å². The molecule has 4 N–H and O–H groups in total. The molecule has 0 aliphatic heterocycles. The SMILES string of the molecule is O=C(Nc1ccc(=O)[nH]n1)c1ccc(O)c(O)c1. The summed E-state index contributed by atoms with van der Waals surface area (Å²) in [4.78, 5) is 22.5. The lowest BCUT2D eigenvalue weighted by Crippen LogP contribution is -2.15.